The van der Waals surface area contributed by atoms with Crippen LogP contribution in [0.5, 0.6) is 0 Å². The minimum atomic E-state index is -0.741. The molecule has 0 amide bonds. The molecule has 1 unspecified atom stereocenters. The average molecular weight is 306 g/mol. The number of carboxylic acids is 1. The number of aryl methyl sites for hydroxylation is 1. The number of rotatable bonds is 3. The van der Waals surface area contributed by atoms with Crippen LogP contribution in [0.25, 0.3) is 0 Å². The van der Waals surface area contributed by atoms with Crippen LogP contribution in [-0.4, -0.2) is 43.3 Å². The second-order valence-corrected chi connectivity index (χ2v) is 7.67. The Bertz CT molecular complexity index is 556. The standard InChI is InChI=1S/C16H26N4O2/c1-11-17-18-14-10-19(13(15(21)22)9-20(11)14)8-12-4-6-16(2,3)7-5-12/h12-13H,4-10H2,1-3H3,(H,21,22). The summed E-state index contributed by atoms with van der Waals surface area (Å²) in [6, 6.07) is -0.461. The molecule has 122 valence electrons. The van der Waals surface area contributed by atoms with E-state index in [1.54, 1.807) is 0 Å². The zero-order valence-electron chi connectivity index (χ0n) is 13.7. The van der Waals surface area contributed by atoms with Gasteiger partial charge in [0.05, 0.1) is 13.1 Å². The quantitative estimate of drug-likeness (QED) is 0.925. The lowest BCUT2D eigenvalue weighted by atomic mass is 9.73. The normalized spacial score (nSPS) is 25.9. The van der Waals surface area contributed by atoms with E-state index in [0.717, 1.165) is 18.2 Å². The minimum Gasteiger partial charge on any atom is -0.480 e. The predicted octanol–water partition coefficient (Wildman–Crippen LogP) is 2.07. The van der Waals surface area contributed by atoms with Crippen molar-refractivity contribution in [2.45, 2.75) is 65.6 Å². The van der Waals surface area contributed by atoms with Crippen molar-refractivity contribution in [1.29, 1.82) is 0 Å². The highest BCUT2D eigenvalue weighted by Gasteiger charge is 2.36. The molecule has 1 fully saturated rings. The van der Waals surface area contributed by atoms with Gasteiger partial charge in [0.1, 0.15) is 17.7 Å². The fraction of sp³-hybridized carbons (Fsp3) is 0.812. The smallest absolute Gasteiger partial charge is 0.322 e. The molecule has 0 spiro atoms. The topological polar surface area (TPSA) is 71.2 Å². The summed E-state index contributed by atoms with van der Waals surface area (Å²) in [5.74, 6) is 1.56. The molecule has 2 heterocycles. The first-order valence-electron chi connectivity index (χ1n) is 8.21. The lowest BCUT2D eigenvalue weighted by molar-refractivity contribution is -0.145. The molecule has 1 atom stereocenters. The Balaban J connectivity index is 1.71. The third-order valence-electron chi connectivity index (χ3n) is 5.39. The van der Waals surface area contributed by atoms with Gasteiger partial charge in [-0.1, -0.05) is 13.8 Å². The molecule has 0 radical (unpaired) electrons. The highest BCUT2D eigenvalue weighted by atomic mass is 16.4. The first-order valence-corrected chi connectivity index (χ1v) is 8.21. The number of hydrogen-bond donors (Lipinski definition) is 1. The first-order chi connectivity index (χ1) is 10.4. The van der Waals surface area contributed by atoms with Gasteiger partial charge in [-0.2, -0.15) is 0 Å². The minimum absolute atomic E-state index is 0.446. The van der Waals surface area contributed by atoms with Gasteiger partial charge in [-0.3, -0.25) is 9.69 Å². The maximum Gasteiger partial charge on any atom is 0.322 e. The lowest BCUT2D eigenvalue weighted by Gasteiger charge is -2.39. The van der Waals surface area contributed by atoms with E-state index in [-0.39, 0.29) is 0 Å². The molecule has 3 rings (SSSR count). The van der Waals surface area contributed by atoms with E-state index in [9.17, 15) is 9.90 Å². The molecule has 1 saturated carbocycles. The zero-order valence-corrected chi connectivity index (χ0v) is 13.7. The van der Waals surface area contributed by atoms with Gasteiger partial charge in [0.2, 0.25) is 0 Å². The Morgan fingerprint density at radius 2 is 2.00 bits per heavy atom. The van der Waals surface area contributed by atoms with Crippen molar-refractivity contribution in [2.75, 3.05) is 6.54 Å². The molecule has 22 heavy (non-hydrogen) atoms. The summed E-state index contributed by atoms with van der Waals surface area (Å²) >= 11 is 0. The zero-order chi connectivity index (χ0) is 15.9. The van der Waals surface area contributed by atoms with Crippen molar-refractivity contribution in [1.82, 2.24) is 19.7 Å². The molecular weight excluding hydrogens is 280 g/mol. The number of carboxylic acid groups (broad SMARTS) is 1. The van der Waals surface area contributed by atoms with E-state index >= 15 is 0 Å². The van der Waals surface area contributed by atoms with Crippen molar-refractivity contribution in [3.05, 3.63) is 11.6 Å². The Kier molecular flexibility index (Phi) is 3.97. The largest absolute Gasteiger partial charge is 0.480 e. The molecule has 1 aliphatic carbocycles. The summed E-state index contributed by atoms with van der Waals surface area (Å²) in [6.07, 6.45) is 4.86. The summed E-state index contributed by atoms with van der Waals surface area (Å²) in [5.41, 5.74) is 0.446. The van der Waals surface area contributed by atoms with E-state index in [2.05, 4.69) is 28.9 Å². The predicted molar refractivity (Wildman–Crippen MR) is 82.3 cm³/mol. The SMILES string of the molecule is Cc1nnc2n1CC(C(=O)O)N(CC1CCC(C)(C)CC1)C2. The monoisotopic (exact) mass is 306 g/mol. The van der Waals surface area contributed by atoms with E-state index < -0.39 is 12.0 Å². The molecule has 6 nitrogen and oxygen atoms in total. The molecule has 1 aromatic heterocycles. The van der Waals surface area contributed by atoms with Crippen LogP contribution in [0.15, 0.2) is 0 Å². The Labute approximate surface area is 131 Å². The maximum absolute atomic E-state index is 11.7. The molecule has 6 heteroatoms. The molecule has 0 bridgehead atoms. The summed E-state index contributed by atoms with van der Waals surface area (Å²) in [7, 11) is 0. The van der Waals surface area contributed by atoms with Crippen molar-refractivity contribution in [2.24, 2.45) is 11.3 Å². The Morgan fingerprint density at radius 3 is 2.64 bits per heavy atom. The molecule has 0 saturated heterocycles. The second-order valence-electron chi connectivity index (χ2n) is 7.67. The number of aliphatic carboxylic acids is 1. The third kappa shape index (κ3) is 3.02. The molecular formula is C16H26N4O2. The lowest BCUT2D eigenvalue weighted by Crippen LogP contribution is -2.50. The second kappa shape index (κ2) is 5.65. The van der Waals surface area contributed by atoms with Crippen LogP contribution in [0.4, 0.5) is 0 Å². The van der Waals surface area contributed by atoms with Gasteiger partial charge in [-0.15, -0.1) is 10.2 Å². The number of aromatic nitrogens is 3. The third-order valence-corrected chi connectivity index (χ3v) is 5.39. The van der Waals surface area contributed by atoms with Crippen LogP contribution >= 0.6 is 0 Å². The van der Waals surface area contributed by atoms with Crippen LogP contribution < -0.4 is 0 Å². The molecule has 2 aliphatic rings. The molecule has 1 N–H and O–H groups in total. The Morgan fingerprint density at radius 1 is 1.32 bits per heavy atom. The van der Waals surface area contributed by atoms with Gasteiger partial charge in [0.25, 0.3) is 0 Å². The van der Waals surface area contributed by atoms with E-state index in [1.807, 2.05) is 11.5 Å². The first kappa shape index (κ1) is 15.5. The highest BCUT2D eigenvalue weighted by Crippen LogP contribution is 2.38. The summed E-state index contributed by atoms with van der Waals surface area (Å²) in [6.45, 7) is 8.46. The van der Waals surface area contributed by atoms with Gasteiger partial charge >= 0.3 is 5.97 Å². The van der Waals surface area contributed by atoms with Crippen molar-refractivity contribution in [3.63, 3.8) is 0 Å². The van der Waals surface area contributed by atoms with E-state index in [0.29, 0.717) is 24.4 Å². The van der Waals surface area contributed by atoms with E-state index in [4.69, 9.17) is 0 Å². The summed E-state index contributed by atoms with van der Waals surface area (Å²) < 4.78 is 1.94. The number of carbonyl (C=O) groups is 1. The average Bonchev–Trinajstić information content (AvgIpc) is 2.81. The van der Waals surface area contributed by atoms with Crippen molar-refractivity contribution >= 4 is 5.97 Å². The van der Waals surface area contributed by atoms with Crippen LogP contribution in [0.2, 0.25) is 0 Å². The fourth-order valence-electron chi connectivity index (χ4n) is 3.76. The van der Waals surface area contributed by atoms with Crippen molar-refractivity contribution in [3.8, 4) is 0 Å². The van der Waals surface area contributed by atoms with E-state index in [1.165, 1.54) is 25.7 Å². The van der Waals surface area contributed by atoms with Crippen LogP contribution in [0, 0.1) is 18.3 Å². The van der Waals surface area contributed by atoms with Gasteiger partial charge in [-0.25, -0.2) is 0 Å². The Hall–Kier alpha value is -1.43. The van der Waals surface area contributed by atoms with Crippen LogP contribution in [-0.2, 0) is 17.9 Å². The maximum atomic E-state index is 11.7. The van der Waals surface area contributed by atoms with Crippen LogP contribution in [0.1, 0.15) is 51.2 Å². The van der Waals surface area contributed by atoms with Crippen LogP contribution in [0.3, 0.4) is 0 Å². The molecule has 1 aromatic rings. The fourth-order valence-corrected chi connectivity index (χ4v) is 3.76. The number of fused-ring (bicyclic) bond motifs is 1. The van der Waals surface area contributed by atoms with Gasteiger partial charge in [0, 0.05) is 6.54 Å². The molecule has 1 aliphatic heterocycles. The molecule has 0 aromatic carbocycles. The summed E-state index contributed by atoms with van der Waals surface area (Å²) in [4.78, 5) is 13.7. The summed E-state index contributed by atoms with van der Waals surface area (Å²) in [5, 5.41) is 17.9. The van der Waals surface area contributed by atoms with Gasteiger partial charge in [-0.05, 0) is 43.9 Å². The van der Waals surface area contributed by atoms with Gasteiger partial charge < -0.3 is 9.67 Å². The highest BCUT2D eigenvalue weighted by molar-refractivity contribution is 5.73. The van der Waals surface area contributed by atoms with Crippen molar-refractivity contribution < 1.29 is 9.90 Å². The van der Waals surface area contributed by atoms with Gasteiger partial charge in [0.15, 0.2) is 0 Å². The number of nitrogens with zero attached hydrogens (tertiary/aromatic N) is 4. The number of hydrogen-bond acceptors (Lipinski definition) is 4.